The molecule has 6 heteroatoms. The summed E-state index contributed by atoms with van der Waals surface area (Å²) in [5.41, 5.74) is 11.4. The molecule has 0 heterocycles. The molecule has 4 N–H and O–H groups in total. The first-order chi connectivity index (χ1) is 7.04. The van der Waals surface area contributed by atoms with Crippen LogP contribution in [-0.4, -0.2) is 13.0 Å². The molecule has 80 valence electrons. The SMILES string of the molecule is N#Cc1cc(N)c(N)cc1OCC(F)F. The van der Waals surface area contributed by atoms with Gasteiger partial charge in [-0.1, -0.05) is 0 Å². The van der Waals surface area contributed by atoms with E-state index in [1.807, 2.05) is 0 Å². The Morgan fingerprint density at radius 3 is 2.47 bits per heavy atom. The van der Waals surface area contributed by atoms with Crippen LogP contribution >= 0.6 is 0 Å². The fourth-order valence-electron chi connectivity index (χ4n) is 0.972. The van der Waals surface area contributed by atoms with E-state index in [4.69, 9.17) is 21.5 Å². The highest BCUT2D eigenvalue weighted by molar-refractivity contribution is 5.69. The van der Waals surface area contributed by atoms with Gasteiger partial charge in [-0.3, -0.25) is 0 Å². The zero-order chi connectivity index (χ0) is 11.4. The molecule has 0 aliphatic heterocycles. The quantitative estimate of drug-likeness (QED) is 0.742. The molecule has 15 heavy (non-hydrogen) atoms. The predicted molar refractivity (Wildman–Crippen MR) is 51.5 cm³/mol. The van der Waals surface area contributed by atoms with Crippen molar-refractivity contribution < 1.29 is 13.5 Å². The highest BCUT2D eigenvalue weighted by Crippen LogP contribution is 2.26. The van der Waals surface area contributed by atoms with Crippen molar-refractivity contribution in [2.24, 2.45) is 0 Å². The van der Waals surface area contributed by atoms with Gasteiger partial charge in [0.1, 0.15) is 18.4 Å². The van der Waals surface area contributed by atoms with Gasteiger partial charge < -0.3 is 16.2 Å². The number of nitrogens with zero attached hydrogens (tertiary/aromatic N) is 1. The van der Waals surface area contributed by atoms with Crippen LogP contribution in [0.4, 0.5) is 20.2 Å². The molecule has 0 aliphatic carbocycles. The van der Waals surface area contributed by atoms with Gasteiger partial charge in [-0.2, -0.15) is 5.26 Å². The number of ether oxygens (including phenoxy) is 1. The van der Waals surface area contributed by atoms with Crippen molar-refractivity contribution in [3.8, 4) is 11.8 Å². The molecular weight excluding hydrogens is 204 g/mol. The largest absolute Gasteiger partial charge is 0.486 e. The summed E-state index contributed by atoms with van der Waals surface area (Å²) in [6, 6.07) is 4.33. The first-order valence-electron chi connectivity index (χ1n) is 4.04. The van der Waals surface area contributed by atoms with Crippen LogP contribution in [-0.2, 0) is 0 Å². The molecule has 0 amide bonds. The molecule has 0 fully saturated rings. The van der Waals surface area contributed by atoms with Crippen molar-refractivity contribution >= 4 is 11.4 Å². The van der Waals surface area contributed by atoms with Gasteiger partial charge in [0.25, 0.3) is 6.43 Å². The lowest BCUT2D eigenvalue weighted by Gasteiger charge is -2.09. The number of rotatable bonds is 3. The molecule has 0 spiro atoms. The van der Waals surface area contributed by atoms with E-state index in [0.717, 1.165) is 0 Å². The minimum atomic E-state index is -2.60. The monoisotopic (exact) mass is 213 g/mol. The molecule has 0 bridgehead atoms. The fourth-order valence-corrected chi connectivity index (χ4v) is 0.972. The Morgan fingerprint density at radius 1 is 1.33 bits per heavy atom. The van der Waals surface area contributed by atoms with Crippen LogP contribution in [0, 0.1) is 11.3 Å². The Kier molecular flexibility index (Phi) is 3.29. The van der Waals surface area contributed by atoms with E-state index in [0.29, 0.717) is 0 Å². The standard InChI is InChI=1S/C9H9F2N3O/c10-9(11)4-15-8-2-7(14)6(13)1-5(8)3-12/h1-2,9H,4,13-14H2. The van der Waals surface area contributed by atoms with Crippen molar-refractivity contribution in [2.45, 2.75) is 6.43 Å². The maximum absolute atomic E-state index is 11.9. The molecule has 0 atom stereocenters. The highest BCUT2D eigenvalue weighted by Gasteiger charge is 2.10. The van der Waals surface area contributed by atoms with Crippen molar-refractivity contribution in [3.05, 3.63) is 17.7 Å². The summed E-state index contributed by atoms with van der Waals surface area (Å²) in [5, 5.41) is 8.69. The van der Waals surface area contributed by atoms with Crippen LogP contribution in [0.2, 0.25) is 0 Å². The molecule has 0 saturated carbocycles. The first kappa shape index (κ1) is 11.0. The van der Waals surface area contributed by atoms with Gasteiger partial charge >= 0.3 is 0 Å². The van der Waals surface area contributed by atoms with E-state index >= 15 is 0 Å². The summed E-state index contributed by atoms with van der Waals surface area (Å²) >= 11 is 0. The van der Waals surface area contributed by atoms with Gasteiger partial charge in [0.05, 0.1) is 16.9 Å². The summed E-state index contributed by atoms with van der Waals surface area (Å²) in [5.74, 6) is 0.0181. The number of hydrogen-bond acceptors (Lipinski definition) is 4. The normalized spacial score (nSPS) is 10.0. The molecule has 0 aliphatic rings. The Morgan fingerprint density at radius 2 is 1.93 bits per heavy atom. The minimum Gasteiger partial charge on any atom is -0.486 e. The van der Waals surface area contributed by atoms with E-state index in [9.17, 15) is 8.78 Å². The molecule has 1 aromatic carbocycles. The van der Waals surface area contributed by atoms with E-state index in [2.05, 4.69) is 0 Å². The Balaban J connectivity index is 2.96. The Labute approximate surface area is 85.0 Å². The average molecular weight is 213 g/mol. The molecular formula is C9H9F2N3O. The van der Waals surface area contributed by atoms with E-state index in [1.165, 1.54) is 12.1 Å². The number of halogens is 2. The number of nitrogen functional groups attached to an aromatic ring is 2. The topological polar surface area (TPSA) is 85.1 Å². The number of nitriles is 1. The second kappa shape index (κ2) is 4.46. The third-order valence-electron chi connectivity index (χ3n) is 1.67. The molecule has 0 saturated heterocycles. The van der Waals surface area contributed by atoms with Gasteiger partial charge in [0.15, 0.2) is 0 Å². The van der Waals surface area contributed by atoms with Crippen LogP contribution in [0.15, 0.2) is 12.1 Å². The summed E-state index contributed by atoms with van der Waals surface area (Å²) < 4.78 is 28.5. The van der Waals surface area contributed by atoms with Crippen molar-refractivity contribution in [2.75, 3.05) is 18.1 Å². The summed E-state index contributed by atoms with van der Waals surface area (Å²) in [6.45, 7) is -0.780. The third-order valence-corrected chi connectivity index (χ3v) is 1.67. The molecule has 0 radical (unpaired) electrons. The maximum Gasteiger partial charge on any atom is 0.272 e. The van der Waals surface area contributed by atoms with Crippen LogP contribution in [0.5, 0.6) is 5.75 Å². The zero-order valence-corrected chi connectivity index (χ0v) is 7.71. The van der Waals surface area contributed by atoms with Crippen molar-refractivity contribution in [3.63, 3.8) is 0 Å². The maximum atomic E-state index is 11.9. The molecule has 0 unspecified atom stereocenters. The van der Waals surface area contributed by atoms with Gasteiger partial charge in [-0.15, -0.1) is 0 Å². The van der Waals surface area contributed by atoms with Crippen LogP contribution in [0.3, 0.4) is 0 Å². The summed E-state index contributed by atoms with van der Waals surface area (Å²) in [7, 11) is 0. The molecule has 1 rings (SSSR count). The van der Waals surface area contributed by atoms with Gasteiger partial charge in [0.2, 0.25) is 0 Å². The van der Waals surface area contributed by atoms with Crippen LogP contribution in [0.1, 0.15) is 5.56 Å². The Hall–Kier alpha value is -2.03. The van der Waals surface area contributed by atoms with Crippen molar-refractivity contribution in [1.29, 1.82) is 5.26 Å². The second-order valence-corrected chi connectivity index (χ2v) is 2.79. The van der Waals surface area contributed by atoms with E-state index < -0.39 is 13.0 Å². The number of nitrogens with two attached hydrogens (primary N) is 2. The van der Waals surface area contributed by atoms with Gasteiger partial charge in [-0.05, 0) is 6.07 Å². The number of alkyl halides is 2. The molecule has 0 aromatic heterocycles. The average Bonchev–Trinajstić information content (AvgIpc) is 2.19. The molecule has 1 aromatic rings. The predicted octanol–water partition coefficient (Wildman–Crippen LogP) is 1.37. The van der Waals surface area contributed by atoms with Crippen LogP contribution in [0.25, 0.3) is 0 Å². The third kappa shape index (κ3) is 2.71. The minimum absolute atomic E-state index is 0.0181. The smallest absolute Gasteiger partial charge is 0.272 e. The lowest BCUT2D eigenvalue weighted by Crippen LogP contribution is -2.08. The lowest BCUT2D eigenvalue weighted by atomic mass is 10.1. The first-order valence-corrected chi connectivity index (χ1v) is 4.04. The summed E-state index contributed by atoms with van der Waals surface area (Å²) in [6.07, 6.45) is -2.60. The summed E-state index contributed by atoms with van der Waals surface area (Å²) in [4.78, 5) is 0. The second-order valence-electron chi connectivity index (χ2n) is 2.79. The number of anilines is 2. The van der Waals surface area contributed by atoms with Crippen LogP contribution < -0.4 is 16.2 Å². The highest BCUT2D eigenvalue weighted by atomic mass is 19.3. The van der Waals surface area contributed by atoms with Gasteiger partial charge in [0, 0.05) is 6.07 Å². The lowest BCUT2D eigenvalue weighted by molar-refractivity contribution is 0.0818. The van der Waals surface area contributed by atoms with E-state index in [-0.39, 0.29) is 22.7 Å². The fraction of sp³-hybridized carbons (Fsp3) is 0.222. The van der Waals surface area contributed by atoms with Gasteiger partial charge in [-0.25, -0.2) is 8.78 Å². The van der Waals surface area contributed by atoms with E-state index in [1.54, 1.807) is 6.07 Å². The van der Waals surface area contributed by atoms with Crippen molar-refractivity contribution in [1.82, 2.24) is 0 Å². The number of hydrogen-bond donors (Lipinski definition) is 2. The Bertz CT molecular complexity index is 401. The number of benzene rings is 1. The zero-order valence-electron chi connectivity index (χ0n) is 7.71. The molecule has 4 nitrogen and oxygen atoms in total.